The topological polar surface area (TPSA) is 51.2 Å². The molecule has 1 aliphatic carbocycles. The van der Waals surface area contributed by atoms with E-state index in [1.165, 1.54) is 0 Å². The van der Waals surface area contributed by atoms with Crippen LogP contribution in [0.3, 0.4) is 0 Å². The molecule has 20 heavy (non-hydrogen) atoms. The van der Waals surface area contributed by atoms with Gasteiger partial charge in [-0.05, 0) is 29.7 Å². The minimum atomic E-state index is -3.52. The van der Waals surface area contributed by atoms with Gasteiger partial charge in [-0.2, -0.15) is 0 Å². The number of aryl methyl sites for hydroxylation is 1. The molecule has 1 heterocycles. The fourth-order valence-corrected chi connectivity index (χ4v) is 5.50. The maximum atomic E-state index is 12.8. The number of Topliss-reactive ketones (excluding diaryl/α,β-unsaturated/α-hetero) is 1. The molecule has 1 aliphatic heterocycles. The number of fused-ring (bicyclic) bond motifs is 2. The van der Waals surface area contributed by atoms with Gasteiger partial charge < -0.3 is 0 Å². The fraction of sp³-hybridized carbons (Fsp3) is 0.188. The second-order valence-corrected chi connectivity index (χ2v) is 7.25. The largest absolute Gasteiger partial charge is 0.294 e. The Morgan fingerprint density at radius 1 is 1.10 bits per heavy atom. The number of ketones is 1. The molecule has 4 rings (SSSR count). The van der Waals surface area contributed by atoms with E-state index in [2.05, 4.69) is 0 Å². The molecule has 0 bridgehead atoms. The summed E-state index contributed by atoms with van der Waals surface area (Å²) < 4.78 is 25.7. The van der Waals surface area contributed by atoms with E-state index in [1.54, 1.807) is 18.2 Å². The molecule has 0 saturated carbocycles. The predicted octanol–water partition coefficient (Wildman–Crippen LogP) is 2.86. The summed E-state index contributed by atoms with van der Waals surface area (Å²) in [5.74, 6) is -0.0662. The molecule has 0 spiro atoms. The highest BCUT2D eigenvalue weighted by Gasteiger charge is 2.43. The van der Waals surface area contributed by atoms with Crippen LogP contribution >= 0.6 is 0 Å². The van der Waals surface area contributed by atoms with Crippen molar-refractivity contribution < 1.29 is 13.2 Å². The Hall–Kier alpha value is -1.94. The van der Waals surface area contributed by atoms with E-state index in [0.29, 0.717) is 27.3 Å². The molecular formula is C16H12O3S. The molecule has 1 unspecified atom stereocenters. The molecule has 0 radical (unpaired) electrons. The molecule has 2 aromatic rings. The van der Waals surface area contributed by atoms with Gasteiger partial charge in [0.15, 0.2) is 5.78 Å². The maximum absolute atomic E-state index is 12.8. The van der Waals surface area contributed by atoms with Gasteiger partial charge >= 0.3 is 0 Å². The van der Waals surface area contributed by atoms with Crippen molar-refractivity contribution in [3.63, 3.8) is 0 Å². The Morgan fingerprint density at radius 3 is 2.65 bits per heavy atom. The molecule has 4 heteroatoms. The summed E-state index contributed by atoms with van der Waals surface area (Å²) >= 11 is 0. The zero-order chi connectivity index (χ0) is 14.1. The van der Waals surface area contributed by atoms with E-state index in [0.717, 1.165) is 11.1 Å². The third-order valence-corrected chi connectivity index (χ3v) is 6.31. The number of hydrogen-bond donors (Lipinski definition) is 0. The summed E-state index contributed by atoms with van der Waals surface area (Å²) in [4.78, 5) is 12.8. The smallest absolute Gasteiger partial charge is 0.207 e. The highest BCUT2D eigenvalue weighted by atomic mass is 32.2. The Balaban J connectivity index is 2.20. The summed E-state index contributed by atoms with van der Waals surface area (Å²) in [6, 6.07) is 10.5. The summed E-state index contributed by atoms with van der Waals surface area (Å²) in [6.07, 6.45) is 0.373. The molecule has 0 N–H and O–H groups in total. The lowest BCUT2D eigenvalue weighted by atomic mass is 9.91. The lowest BCUT2D eigenvalue weighted by Crippen LogP contribution is -2.18. The molecular weight excluding hydrogens is 272 g/mol. The maximum Gasteiger partial charge on any atom is 0.207 e. The van der Waals surface area contributed by atoms with Gasteiger partial charge in [-0.15, -0.1) is 0 Å². The van der Waals surface area contributed by atoms with Crippen LogP contribution < -0.4 is 0 Å². The van der Waals surface area contributed by atoms with Gasteiger partial charge in [-0.25, -0.2) is 8.42 Å². The quantitative estimate of drug-likeness (QED) is 0.747. The number of sulfone groups is 1. The average molecular weight is 284 g/mol. The Bertz CT molecular complexity index is 879. The van der Waals surface area contributed by atoms with Gasteiger partial charge in [0.05, 0.1) is 9.79 Å². The second kappa shape index (κ2) is 3.58. The van der Waals surface area contributed by atoms with E-state index in [4.69, 9.17) is 0 Å². The van der Waals surface area contributed by atoms with Crippen LogP contribution in [0.1, 0.15) is 39.4 Å². The zero-order valence-electron chi connectivity index (χ0n) is 10.9. The first-order valence-electron chi connectivity index (χ1n) is 6.52. The predicted molar refractivity (Wildman–Crippen MR) is 73.9 cm³/mol. The molecule has 3 nitrogen and oxygen atoms in total. The molecule has 0 amide bonds. The van der Waals surface area contributed by atoms with E-state index in [1.807, 2.05) is 25.1 Å². The van der Waals surface area contributed by atoms with Crippen LogP contribution in [0.4, 0.5) is 0 Å². The Morgan fingerprint density at radius 2 is 1.85 bits per heavy atom. The summed E-state index contributed by atoms with van der Waals surface area (Å²) in [6.45, 7) is 1.81. The first kappa shape index (κ1) is 11.9. The Labute approximate surface area is 117 Å². The second-order valence-electron chi connectivity index (χ2n) is 5.39. The van der Waals surface area contributed by atoms with Crippen LogP contribution in [0, 0.1) is 6.92 Å². The third-order valence-electron chi connectivity index (χ3n) is 4.28. The standard InChI is InChI=1S/C16H12O3S/c1-9-4-2-5-10-12-8-13(17)11-6-3-7-14(15(11)12)20(18,19)16(9)10/h2-7,12H,8H2,1H3. The first-order valence-corrected chi connectivity index (χ1v) is 8.01. The van der Waals surface area contributed by atoms with Crippen LogP contribution in [0.15, 0.2) is 46.2 Å². The molecule has 0 fully saturated rings. The van der Waals surface area contributed by atoms with Crippen LogP contribution in [-0.4, -0.2) is 14.2 Å². The average Bonchev–Trinajstić information content (AvgIpc) is 2.75. The minimum Gasteiger partial charge on any atom is -0.294 e. The van der Waals surface area contributed by atoms with Crippen molar-refractivity contribution >= 4 is 15.6 Å². The molecule has 2 aliphatic rings. The zero-order valence-corrected chi connectivity index (χ0v) is 11.7. The highest BCUT2D eigenvalue weighted by Crippen LogP contribution is 2.49. The van der Waals surface area contributed by atoms with E-state index in [9.17, 15) is 13.2 Å². The van der Waals surface area contributed by atoms with Crippen molar-refractivity contribution in [1.29, 1.82) is 0 Å². The van der Waals surface area contributed by atoms with Crippen molar-refractivity contribution in [2.24, 2.45) is 0 Å². The summed E-state index contributed by atoms with van der Waals surface area (Å²) in [7, 11) is -3.52. The number of hydrogen-bond acceptors (Lipinski definition) is 3. The van der Waals surface area contributed by atoms with Crippen LogP contribution in [0.5, 0.6) is 0 Å². The van der Waals surface area contributed by atoms with Gasteiger partial charge in [0, 0.05) is 17.9 Å². The van der Waals surface area contributed by atoms with Crippen molar-refractivity contribution in [1.82, 2.24) is 0 Å². The van der Waals surface area contributed by atoms with Crippen LogP contribution in [-0.2, 0) is 9.84 Å². The number of rotatable bonds is 0. The molecule has 2 aromatic carbocycles. The summed E-state index contributed by atoms with van der Waals surface area (Å²) in [5.41, 5.74) is 2.80. The highest BCUT2D eigenvalue weighted by molar-refractivity contribution is 7.91. The van der Waals surface area contributed by atoms with Crippen LogP contribution in [0.25, 0.3) is 0 Å². The SMILES string of the molecule is Cc1cccc2c1S(=O)(=O)c1cccc3c1C2CC3=O. The molecule has 0 aromatic heterocycles. The minimum absolute atomic E-state index is 0.0383. The van der Waals surface area contributed by atoms with Crippen LogP contribution in [0.2, 0.25) is 0 Å². The van der Waals surface area contributed by atoms with Crippen molar-refractivity contribution in [2.45, 2.75) is 29.1 Å². The van der Waals surface area contributed by atoms with Gasteiger partial charge in [0.1, 0.15) is 0 Å². The van der Waals surface area contributed by atoms with E-state index >= 15 is 0 Å². The molecule has 1 atom stereocenters. The fourth-order valence-electron chi connectivity index (χ4n) is 3.47. The molecule has 100 valence electrons. The number of carbonyl (C=O) groups excluding carboxylic acids is 1. The molecule has 0 saturated heterocycles. The summed E-state index contributed by atoms with van der Waals surface area (Å²) in [5, 5.41) is 0. The van der Waals surface area contributed by atoms with Crippen molar-refractivity contribution in [2.75, 3.05) is 0 Å². The monoisotopic (exact) mass is 284 g/mol. The first-order chi connectivity index (χ1) is 9.51. The Kier molecular flexibility index (Phi) is 2.12. The lowest BCUT2D eigenvalue weighted by molar-refractivity contribution is 0.0991. The number of carbonyl (C=O) groups is 1. The van der Waals surface area contributed by atoms with E-state index in [-0.39, 0.29) is 11.7 Å². The van der Waals surface area contributed by atoms with Crippen molar-refractivity contribution in [3.8, 4) is 0 Å². The van der Waals surface area contributed by atoms with Gasteiger partial charge in [-0.1, -0.05) is 30.3 Å². The van der Waals surface area contributed by atoms with Gasteiger partial charge in [-0.3, -0.25) is 4.79 Å². The van der Waals surface area contributed by atoms with Crippen molar-refractivity contribution in [3.05, 3.63) is 58.7 Å². The lowest BCUT2D eigenvalue weighted by Gasteiger charge is -2.25. The van der Waals surface area contributed by atoms with Gasteiger partial charge in [0.25, 0.3) is 0 Å². The van der Waals surface area contributed by atoms with Gasteiger partial charge in [0.2, 0.25) is 9.84 Å². The third kappa shape index (κ3) is 1.25. The van der Waals surface area contributed by atoms with E-state index < -0.39 is 9.84 Å². The normalized spacial score (nSPS) is 21.4. The number of benzene rings is 2.